The Hall–Kier alpha value is -1.99. The minimum atomic E-state index is -0.372. The molecule has 0 spiro atoms. The highest BCUT2D eigenvalue weighted by Crippen LogP contribution is 2.43. The van der Waals surface area contributed by atoms with E-state index in [1.165, 1.54) is 0 Å². The Morgan fingerprint density at radius 2 is 1.38 bits per heavy atom. The molecule has 1 saturated heterocycles. The number of nitrogens with zero attached hydrogens (tertiary/aromatic N) is 1. The summed E-state index contributed by atoms with van der Waals surface area (Å²) < 4.78 is 0. The SMILES string of the molecule is O=C(CN1C(=O)[C@H]2C[C@H](Br)[C@@H](Br)C[C@H]2C1=O)Nc1ccc(-c2ccccc2)cc1. The van der Waals surface area contributed by atoms with Gasteiger partial charge in [0.05, 0.1) is 11.8 Å². The number of rotatable bonds is 4. The van der Waals surface area contributed by atoms with E-state index in [0.717, 1.165) is 16.0 Å². The normalized spacial score (nSPS) is 26.3. The molecule has 0 aromatic heterocycles. The van der Waals surface area contributed by atoms with E-state index in [9.17, 15) is 14.4 Å². The van der Waals surface area contributed by atoms with Crippen LogP contribution in [-0.2, 0) is 14.4 Å². The molecular weight excluding hydrogens is 500 g/mol. The highest BCUT2D eigenvalue weighted by atomic mass is 79.9. The number of carbonyl (C=O) groups is 3. The fraction of sp³-hybridized carbons (Fsp3) is 0.318. The second kappa shape index (κ2) is 8.40. The zero-order valence-electron chi connectivity index (χ0n) is 15.6. The highest BCUT2D eigenvalue weighted by molar-refractivity contribution is 9.12. The zero-order chi connectivity index (χ0) is 20.5. The lowest BCUT2D eigenvalue weighted by Gasteiger charge is -2.29. The maximum atomic E-state index is 12.7. The van der Waals surface area contributed by atoms with Gasteiger partial charge in [0.15, 0.2) is 0 Å². The van der Waals surface area contributed by atoms with Crippen LogP contribution in [0.5, 0.6) is 0 Å². The molecule has 150 valence electrons. The summed E-state index contributed by atoms with van der Waals surface area (Å²) >= 11 is 7.13. The van der Waals surface area contributed by atoms with E-state index in [1.54, 1.807) is 0 Å². The van der Waals surface area contributed by atoms with E-state index < -0.39 is 0 Å². The van der Waals surface area contributed by atoms with E-state index in [1.807, 2.05) is 54.6 Å². The molecule has 0 bridgehead atoms. The molecule has 2 fully saturated rings. The summed E-state index contributed by atoms with van der Waals surface area (Å²) in [5, 5.41) is 2.78. The summed E-state index contributed by atoms with van der Waals surface area (Å²) in [6.07, 6.45) is 1.20. The van der Waals surface area contributed by atoms with Crippen molar-refractivity contribution in [3.05, 3.63) is 54.6 Å². The number of anilines is 1. The third-order valence-corrected chi connectivity index (χ3v) is 8.31. The van der Waals surface area contributed by atoms with Crippen molar-refractivity contribution >= 4 is 55.3 Å². The van der Waals surface area contributed by atoms with Gasteiger partial charge >= 0.3 is 0 Å². The molecule has 1 heterocycles. The van der Waals surface area contributed by atoms with Crippen LogP contribution in [0.3, 0.4) is 0 Å². The van der Waals surface area contributed by atoms with Crippen molar-refractivity contribution in [2.24, 2.45) is 11.8 Å². The average Bonchev–Trinajstić information content (AvgIpc) is 2.94. The van der Waals surface area contributed by atoms with Gasteiger partial charge in [-0.3, -0.25) is 19.3 Å². The molecule has 1 N–H and O–H groups in total. The Kier molecular flexibility index (Phi) is 5.88. The van der Waals surface area contributed by atoms with Crippen LogP contribution in [0.25, 0.3) is 11.1 Å². The second-order valence-electron chi connectivity index (χ2n) is 7.47. The average molecular weight is 520 g/mol. The first-order valence-electron chi connectivity index (χ1n) is 9.52. The molecule has 4 atom stereocenters. The Balaban J connectivity index is 1.40. The summed E-state index contributed by atoms with van der Waals surface area (Å²) in [5.41, 5.74) is 2.77. The number of benzene rings is 2. The van der Waals surface area contributed by atoms with Crippen molar-refractivity contribution < 1.29 is 14.4 Å². The second-order valence-corrected chi connectivity index (χ2v) is 9.82. The maximum Gasteiger partial charge on any atom is 0.244 e. The topological polar surface area (TPSA) is 66.5 Å². The van der Waals surface area contributed by atoms with Gasteiger partial charge in [-0.2, -0.15) is 0 Å². The Morgan fingerprint density at radius 3 is 1.93 bits per heavy atom. The molecule has 4 rings (SSSR count). The van der Waals surface area contributed by atoms with E-state index in [-0.39, 0.29) is 45.8 Å². The van der Waals surface area contributed by atoms with Crippen molar-refractivity contribution in [3.8, 4) is 11.1 Å². The van der Waals surface area contributed by atoms with E-state index in [2.05, 4.69) is 37.2 Å². The van der Waals surface area contributed by atoms with Crippen molar-refractivity contribution in [1.29, 1.82) is 0 Å². The van der Waals surface area contributed by atoms with Gasteiger partial charge in [-0.1, -0.05) is 74.3 Å². The number of hydrogen-bond donors (Lipinski definition) is 1. The van der Waals surface area contributed by atoms with Crippen LogP contribution >= 0.6 is 31.9 Å². The largest absolute Gasteiger partial charge is 0.325 e. The molecule has 3 amide bonds. The maximum absolute atomic E-state index is 12.7. The first-order valence-corrected chi connectivity index (χ1v) is 11.4. The molecular formula is C22H20Br2N2O3. The van der Waals surface area contributed by atoms with Crippen LogP contribution in [0.2, 0.25) is 0 Å². The lowest BCUT2D eigenvalue weighted by molar-refractivity contribution is -0.142. The number of fused-ring (bicyclic) bond motifs is 1. The number of hydrogen-bond acceptors (Lipinski definition) is 3. The van der Waals surface area contributed by atoms with E-state index in [4.69, 9.17) is 0 Å². The number of halogens is 2. The van der Waals surface area contributed by atoms with Crippen molar-refractivity contribution in [2.75, 3.05) is 11.9 Å². The lowest BCUT2D eigenvalue weighted by Crippen LogP contribution is -2.38. The van der Waals surface area contributed by atoms with Gasteiger partial charge < -0.3 is 5.32 Å². The third kappa shape index (κ3) is 4.16. The van der Waals surface area contributed by atoms with Crippen molar-refractivity contribution in [3.63, 3.8) is 0 Å². The molecule has 7 heteroatoms. The first kappa shape index (κ1) is 20.3. The minimum Gasteiger partial charge on any atom is -0.325 e. The summed E-state index contributed by atoms with van der Waals surface area (Å²) in [6.45, 7) is -0.245. The number of alkyl halides is 2. The summed E-state index contributed by atoms with van der Waals surface area (Å²) in [7, 11) is 0. The van der Waals surface area contributed by atoms with Gasteiger partial charge in [0.1, 0.15) is 6.54 Å². The Labute approximate surface area is 186 Å². The van der Waals surface area contributed by atoms with Crippen molar-refractivity contribution in [1.82, 2.24) is 4.90 Å². The van der Waals surface area contributed by atoms with Crippen LogP contribution in [-0.4, -0.2) is 38.8 Å². The lowest BCUT2D eigenvalue weighted by atomic mass is 9.81. The number of imide groups is 1. The van der Waals surface area contributed by atoms with Crippen LogP contribution in [0.15, 0.2) is 54.6 Å². The zero-order valence-corrected chi connectivity index (χ0v) is 18.7. The van der Waals surface area contributed by atoms with Crippen LogP contribution in [0, 0.1) is 11.8 Å². The predicted octanol–water partition coefficient (Wildman–Crippen LogP) is 4.21. The molecule has 0 unspecified atom stereocenters. The van der Waals surface area contributed by atoms with E-state index >= 15 is 0 Å². The van der Waals surface area contributed by atoms with Crippen LogP contribution < -0.4 is 5.32 Å². The molecule has 5 nitrogen and oxygen atoms in total. The molecule has 2 aliphatic rings. The summed E-state index contributed by atoms with van der Waals surface area (Å²) in [5.74, 6) is -1.52. The van der Waals surface area contributed by atoms with Gasteiger partial charge in [0.2, 0.25) is 17.7 Å². The molecule has 1 saturated carbocycles. The van der Waals surface area contributed by atoms with Crippen LogP contribution in [0.4, 0.5) is 5.69 Å². The van der Waals surface area contributed by atoms with Gasteiger partial charge in [0, 0.05) is 15.3 Å². The number of carbonyl (C=O) groups excluding carboxylic acids is 3. The standard InChI is InChI=1S/C22H20Br2N2O3/c23-18-10-16-17(11-19(18)24)22(29)26(21(16)28)12-20(27)25-15-8-6-14(7-9-15)13-4-2-1-3-5-13/h1-9,16-19H,10-12H2,(H,25,27)/t16-,17+,18-,19-/m0/s1. The van der Waals surface area contributed by atoms with Gasteiger partial charge in [-0.15, -0.1) is 0 Å². The number of amides is 3. The molecule has 2 aromatic rings. The minimum absolute atomic E-state index is 0.150. The summed E-state index contributed by atoms with van der Waals surface area (Å²) in [6, 6.07) is 17.4. The number of likely N-dealkylation sites (tertiary alicyclic amines) is 1. The fourth-order valence-corrected chi connectivity index (χ4v) is 5.28. The van der Waals surface area contributed by atoms with Gasteiger partial charge in [-0.05, 0) is 36.1 Å². The van der Waals surface area contributed by atoms with E-state index in [0.29, 0.717) is 18.5 Å². The molecule has 2 aromatic carbocycles. The molecule has 1 aliphatic heterocycles. The monoisotopic (exact) mass is 518 g/mol. The smallest absolute Gasteiger partial charge is 0.244 e. The molecule has 29 heavy (non-hydrogen) atoms. The predicted molar refractivity (Wildman–Crippen MR) is 119 cm³/mol. The number of nitrogens with one attached hydrogen (secondary N) is 1. The van der Waals surface area contributed by atoms with Gasteiger partial charge in [-0.25, -0.2) is 0 Å². The van der Waals surface area contributed by atoms with Crippen molar-refractivity contribution in [2.45, 2.75) is 22.5 Å². The Morgan fingerprint density at radius 1 is 0.862 bits per heavy atom. The highest BCUT2D eigenvalue weighted by Gasteiger charge is 2.52. The molecule has 0 radical (unpaired) electrons. The van der Waals surface area contributed by atoms with Gasteiger partial charge in [0.25, 0.3) is 0 Å². The fourth-order valence-electron chi connectivity index (χ4n) is 4.04. The summed E-state index contributed by atoms with van der Waals surface area (Å²) in [4.78, 5) is 39.3. The third-order valence-electron chi connectivity index (χ3n) is 5.58. The first-order chi connectivity index (χ1) is 13.9. The quantitative estimate of drug-likeness (QED) is 0.486. The molecule has 1 aliphatic carbocycles. The Bertz CT molecular complexity index is 905. The van der Waals surface area contributed by atoms with Crippen LogP contribution in [0.1, 0.15) is 12.8 Å².